The van der Waals surface area contributed by atoms with Crippen LogP contribution in [-0.4, -0.2) is 23.5 Å². The van der Waals surface area contributed by atoms with Crippen molar-refractivity contribution in [2.75, 3.05) is 6.54 Å². The minimum atomic E-state index is -0.785. The molecule has 0 atom stereocenters. The topological polar surface area (TPSA) is 66.4 Å². The van der Waals surface area contributed by atoms with Gasteiger partial charge in [-0.1, -0.05) is 18.9 Å². The number of unbranched alkanes of at least 4 members (excludes halogenated alkanes) is 3. The molecule has 0 radical (unpaired) electrons. The van der Waals surface area contributed by atoms with Crippen molar-refractivity contribution >= 4 is 34.5 Å². The summed E-state index contributed by atoms with van der Waals surface area (Å²) in [5.74, 6) is -1.71. The second kappa shape index (κ2) is 8.89. The lowest BCUT2D eigenvalue weighted by atomic mass is 10.1. The van der Waals surface area contributed by atoms with Gasteiger partial charge >= 0.3 is 5.97 Å². The fraction of sp³-hybridized carbons (Fsp3) is 0.429. The van der Waals surface area contributed by atoms with Gasteiger partial charge in [0.15, 0.2) is 0 Å². The molecule has 0 aromatic heterocycles. The molecule has 0 aliphatic carbocycles. The zero-order chi connectivity index (χ0) is 15.0. The van der Waals surface area contributed by atoms with Crippen molar-refractivity contribution in [3.05, 3.63) is 33.1 Å². The quantitative estimate of drug-likeness (QED) is 0.527. The van der Waals surface area contributed by atoms with Gasteiger partial charge in [-0.25, -0.2) is 4.39 Å². The van der Waals surface area contributed by atoms with E-state index in [9.17, 15) is 14.0 Å². The average Bonchev–Trinajstić information content (AvgIpc) is 2.37. The molecule has 110 valence electrons. The number of rotatable bonds is 8. The first kappa shape index (κ1) is 16.9. The van der Waals surface area contributed by atoms with Crippen molar-refractivity contribution in [3.8, 4) is 0 Å². The number of carboxylic acids is 1. The standard InChI is InChI=1S/C14H17FINO3/c15-10-6-5-7-11(16)13(10)14(20)17-9-4-2-1-3-8-12(18)19/h5-7H,1-4,8-9H2,(H,17,20)(H,18,19). The Morgan fingerprint density at radius 1 is 1.20 bits per heavy atom. The number of nitrogens with one attached hydrogen (secondary N) is 1. The van der Waals surface area contributed by atoms with Gasteiger partial charge in [-0.2, -0.15) is 0 Å². The fourth-order valence-electron chi connectivity index (χ4n) is 1.76. The van der Waals surface area contributed by atoms with Crippen LogP contribution in [0.2, 0.25) is 0 Å². The Hall–Kier alpha value is -1.18. The molecule has 0 aliphatic heterocycles. The summed E-state index contributed by atoms with van der Waals surface area (Å²) in [6.07, 6.45) is 3.26. The highest BCUT2D eigenvalue weighted by Gasteiger charge is 2.14. The van der Waals surface area contributed by atoms with Gasteiger partial charge in [-0.3, -0.25) is 9.59 Å². The average molecular weight is 393 g/mol. The van der Waals surface area contributed by atoms with Crippen molar-refractivity contribution < 1.29 is 19.1 Å². The Balaban J connectivity index is 2.25. The minimum Gasteiger partial charge on any atom is -0.481 e. The molecule has 1 aromatic carbocycles. The Morgan fingerprint density at radius 3 is 2.55 bits per heavy atom. The van der Waals surface area contributed by atoms with Crippen LogP contribution in [0.3, 0.4) is 0 Å². The van der Waals surface area contributed by atoms with E-state index in [-0.39, 0.29) is 12.0 Å². The molecule has 20 heavy (non-hydrogen) atoms. The van der Waals surface area contributed by atoms with Crippen LogP contribution in [0.5, 0.6) is 0 Å². The van der Waals surface area contributed by atoms with Crippen molar-refractivity contribution in [1.82, 2.24) is 5.32 Å². The predicted molar refractivity (Wildman–Crippen MR) is 82.2 cm³/mol. The molecule has 2 N–H and O–H groups in total. The zero-order valence-electron chi connectivity index (χ0n) is 11.0. The number of aliphatic carboxylic acids is 1. The van der Waals surface area contributed by atoms with Crippen LogP contribution in [0.25, 0.3) is 0 Å². The zero-order valence-corrected chi connectivity index (χ0v) is 13.2. The summed E-state index contributed by atoms with van der Waals surface area (Å²) in [7, 11) is 0. The van der Waals surface area contributed by atoms with Crippen LogP contribution in [0.4, 0.5) is 4.39 Å². The van der Waals surface area contributed by atoms with Gasteiger partial charge in [0.2, 0.25) is 0 Å². The molecule has 0 fully saturated rings. The summed E-state index contributed by atoms with van der Waals surface area (Å²) in [4.78, 5) is 22.1. The van der Waals surface area contributed by atoms with Crippen molar-refractivity contribution in [3.63, 3.8) is 0 Å². The molecule has 0 unspecified atom stereocenters. The Morgan fingerprint density at radius 2 is 1.90 bits per heavy atom. The number of hydrogen-bond donors (Lipinski definition) is 2. The molecule has 1 rings (SSSR count). The molecule has 4 nitrogen and oxygen atoms in total. The maximum absolute atomic E-state index is 13.5. The number of carbonyl (C=O) groups is 2. The molecule has 0 spiro atoms. The van der Waals surface area contributed by atoms with Gasteiger partial charge in [-0.05, 0) is 47.6 Å². The fourth-order valence-corrected chi connectivity index (χ4v) is 2.47. The van der Waals surface area contributed by atoms with Crippen LogP contribution < -0.4 is 5.32 Å². The summed E-state index contributed by atoms with van der Waals surface area (Å²) in [5, 5.41) is 11.2. The lowest BCUT2D eigenvalue weighted by molar-refractivity contribution is -0.137. The molecular formula is C14H17FINO3. The Kier molecular flexibility index (Phi) is 7.50. The van der Waals surface area contributed by atoms with Crippen LogP contribution >= 0.6 is 22.6 Å². The van der Waals surface area contributed by atoms with Crippen molar-refractivity contribution in [2.24, 2.45) is 0 Å². The summed E-state index contributed by atoms with van der Waals surface area (Å²) in [6, 6.07) is 4.52. The first-order valence-corrected chi connectivity index (χ1v) is 7.54. The maximum Gasteiger partial charge on any atom is 0.303 e. The van der Waals surface area contributed by atoms with E-state index >= 15 is 0 Å². The van der Waals surface area contributed by atoms with Gasteiger partial charge in [0.1, 0.15) is 5.82 Å². The largest absolute Gasteiger partial charge is 0.481 e. The third kappa shape index (κ3) is 5.85. The number of amides is 1. The van der Waals surface area contributed by atoms with Crippen molar-refractivity contribution in [1.29, 1.82) is 0 Å². The first-order chi connectivity index (χ1) is 9.52. The molecule has 0 heterocycles. The summed E-state index contributed by atoms with van der Waals surface area (Å²) >= 11 is 1.93. The van der Waals surface area contributed by atoms with Gasteiger partial charge in [-0.15, -0.1) is 0 Å². The lowest BCUT2D eigenvalue weighted by Crippen LogP contribution is -2.26. The smallest absolute Gasteiger partial charge is 0.303 e. The molecule has 1 aromatic rings. The molecule has 0 saturated carbocycles. The minimum absolute atomic E-state index is 0.0824. The number of benzene rings is 1. The normalized spacial score (nSPS) is 10.3. The van der Waals surface area contributed by atoms with E-state index in [1.807, 2.05) is 22.6 Å². The van der Waals surface area contributed by atoms with E-state index in [2.05, 4.69) is 5.32 Å². The van der Waals surface area contributed by atoms with Gasteiger partial charge < -0.3 is 10.4 Å². The second-order valence-corrected chi connectivity index (χ2v) is 5.57. The summed E-state index contributed by atoms with van der Waals surface area (Å²) in [6.45, 7) is 0.469. The molecule has 6 heteroatoms. The first-order valence-electron chi connectivity index (χ1n) is 6.46. The van der Waals surface area contributed by atoms with E-state index < -0.39 is 17.7 Å². The SMILES string of the molecule is O=C(O)CCCCCCNC(=O)c1c(F)cccc1I. The maximum atomic E-state index is 13.5. The van der Waals surface area contributed by atoms with Crippen LogP contribution in [0, 0.1) is 9.39 Å². The van der Waals surface area contributed by atoms with Crippen LogP contribution in [-0.2, 0) is 4.79 Å². The van der Waals surface area contributed by atoms with Gasteiger partial charge in [0, 0.05) is 16.5 Å². The second-order valence-electron chi connectivity index (χ2n) is 4.41. The highest BCUT2D eigenvalue weighted by molar-refractivity contribution is 14.1. The molecule has 0 aliphatic rings. The number of hydrogen-bond acceptors (Lipinski definition) is 2. The van der Waals surface area contributed by atoms with Gasteiger partial charge in [0.25, 0.3) is 5.91 Å². The molecule has 0 saturated heterocycles. The number of halogens is 2. The van der Waals surface area contributed by atoms with E-state index in [4.69, 9.17) is 5.11 Å². The van der Waals surface area contributed by atoms with Crippen molar-refractivity contribution in [2.45, 2.75) is 32.1 Å². The molecular weight excluding hydrogens is 376 g/mol. The van der Waals surface area contributed by atoms with E-state index in [0.717, 1.165) is 19.3 Å². The van der Waals surface area contributed by atoms with E-state index in [0.29, 0.717) is 16.5 Å². The third-order valence-corrected chi connectivity index (χ3v) is 3.69. The van der Waals surface area contributed by atoms with E-state index in [1.54, 1.807) is 12.1 Å². The summed E-state index contributed by atoms with van der Waals surface area (Å²) < 4.78 is 14.1. The van der Waals surface area contributed by atoms with Gasteiger partial charge in [0.05, 0.1) is 5.56 Å². The Bertz CT molecular complexity index is 459. The predicted octanol–water partition coefficient (Wildman–Crippen LogP) is 3.20. The number of carbonyl (C=O) groups excluding carboxylic acids is 1. The molecule has 1 amide bonds. The van der Waals surface area contributed by atoms with Crippen LogP contribution in [0.1, 0.15) is 42.5 Å². The van der Waals surface area contributed by atoms with Crippen LogP contribution in [0.15, 0.2) is 18.2 Å². The summed E-state index contributed by atoms with van der Waals surface area (Å²) in [5.41, 5.74) is 0.0824. The highest BCUT2D eigenvalue weighted by atomic mass is 127. The monoisotopic (exact) mass is 393 g/mol. The number of carboxylic acid groups (broad SMARTS) is 1. The molecule has 0 bridgehead atoms. The third-order valence-electron chi connectivity index (χ3n) is 2.79. The lowest BCUT2D eigenvalue weighted by Gasteiger charge is -2.07. The van der Waals surface area contributed by atoms with E-state index in [1.165, 1.54) is 6.07 Å². The Labute approximate surface area is 130 Å². The highest BCUT2D eigenvalue weighted by Crippen LogP contribution is 2.15.